The fourth-order valence-electron chi connectivity index (χ4n) is 4.28. The Morgan fingerprint density at radius 1 is 0.730 bits per heavy atom. The SMILES string of the molecule is COc1ccc(CNC(=O)[C@H](c2ccccc2)N(Cc2ccccc2)C(=O)CCc2ccccc2)cc1. The van der Waals surface area contributed by atoms with Gasteiger partial charge in [0.2, 0.25) is 11.8 Å². The quantitative estimate of drug-likeness (QED) is 0.292. The molecule has 0 saturated carbocycles. The number of amides is 2. The van der Waals surface area contributed by atoms with Crippen molar-refractivity contribution < 1.29 is 14.3 Å². The molecule has 4 aromatic rings. The van der Waals surface area contributed by atoms with E-state index in [9.17, 15) is 9.59 Å². The monoisotopic (exact) mass is 492 g/mol. The molecule has 0 spiro atoms. The Balaban J connectivity index is 1.59. The van der Waals surface area contributed by atoms with Crippen molar-refractivity contribution in [1.29, 1.82) is 0 Å². The molecule has 4 rings (SSSR count). The summed E-state index contributed by atoms with van der Waals surface area (Å²) in [5, 5.41) is 3.06. The highest BCUT2D eigenvalue weighted by atomic mass is 16.5. The Bertz CT molecular complexity index is 1260. The molecule has 0 aliphatic rings. The van der Waals surface area contributed by atoms with Crippen LogP contribution in [0.5, 0.6) is 5.75 Å². The molecule has 1 atom stereocenters. The van der Waals surface area contributed by atoms with Crippen LogP contribution in [0.15, 0.2) is 115 Å². The second-order valence-electron chi connectivity index (χ2n) is 8.87. The topological polar surface area (TPSA) is 58.6 Å². The standard InChI is InChI=1S/C32H32N2O3/c1-37-29-20-17-26(18-21-29)23-33-32(36)31(28-15-9-4-10-16-28)34(24-27-13-7-3-8-14-27)30(35)22-19-25-11-5-2-6-12-25/h2-18,20-21,31H,19,22-24H2,1H3,(H,33,36)/t31-/m0/s1. The van der Waals surface area contributed by atoms with Gasteiger partial charge < -0.3 is 15.0 Å². The highest BCUT2D eigenvalue weighted by Crippen LogP contribution is 2.25. The molecule has 1 N–H and O–H groups in total. The number of benzene rings is 4. The predicted octanol–water partition coefficient (Wildman–Crippen LogP) is 5.71. The first-order valence-corrected chi connectivity index (χ1v) is 12.5. The van der Waals surface area contributed by atoms with Gasteiger partial charge in [-0.1, -0.05) is 103 Å². The van der Waals surface area contributed by atoms with E-state index in [1.807, 2.05) is 115 Å². The fraction of sp³-hybridized carbons (Fsp3) is 0.188. The summed E-state index contributed by atoms with van der Waals surface area (Å²) in [5.74, 6) is 0.474. The number of methoxy groups -OCH3 is 1. The van der Waals surface area contributed by atoms with Crippen molar-refractivity contribution in [3.05, 3.63) is 138 Å². The number of carbonyl (C=O) groups excluding carboxylic acids is 2. The molecule has 188 valence electrons. The summed E-state index contributed by atoms with van der Waals surface area (Å²) in [7, 11) is 1.62. The molecule has 0 unspecified atom stereocenters. The van der Waals surface area contributed by atoms with Crippen molar-refractivity contribution in [2.24, 2.45) is 0 Å². The molecule has 5 heteroatoms. The normalized spacial score (nSPS) is 11.4. The molecule has 0 aliphatic carbocycles. The Kier molecular flexibility index (Phi) is 9.08. The molecule has 0 aliphatic heterocycles. The summed E-state index contributed by atoms with van der Waals surface area (Å²) in [6.07, 6.45) is 0.923. The van der Waals surface area contributed by atoms with E-state index in [0.29, 0.717) is 25.9 Å². The van der Waals surface area contributed by atoms with Crippen LogP contribution >= 0.6 is 0 Å². The van der Waals surface area contributed by atoms with Crippen molar-refractivity contribution in [3.8, 4) is 5.75 Å². The van der Waals surface area contributed by atoms with Gasteiger partial charge in [-0.25, -0.2) is 0 Å². The number of aryl methyl sites for hydroxylation is 1. The number of nitrogens with one attached hydrogen (secondary N) is 1. The Morgan fingerprint density at radius 2 is 1.30 bits per heavy atom. The first-order chi connectivity index (χ1) is 18.1. The number of ether oxygens (including phenoxy) is 1. The van der Waals surface area contributed by atoms with Gasteiger partial charge in [-0.15, -0.1) is 0 Å². The molecule has 0 saturated heterocycles. The van der Waals surface area contributed by atoms with E-state index in [-0.39, 0.29) is 11.8 Å². The number of hydrogen-bond donors (Lipinski definition) is 1. The third-order valence-corrected chi connectivity index (χ3v) is 6.29. The van der Waals surface area contributed by atoms with Gasteiger partial charge in [-0.05, 0) is 40.8 Å². The summed E-state index contributed by atoms with van der Waals surface area (Å²) >= 11 is 0. The van der Waals surface area contributed by atoms with Crippen LogP contribution in [0.3, 0.4) is 0 Å². The minimum Gasteiger partial charge on any atom is -0.497 e. The first kappa shape index (κ1) is 25.7. The summed E-state index contributed by atoms with van der Waals surface area (Å²) in [5.41, 5.74) is 3.79. The average molecular weight is 493 g/mol. The zero-order valence-corrected chi connectivity index (χ0v) is 21.0. The number of rotatable bonds is 11. The summed E-state index contributed by atoms with van der Waals surface area (Å²) in [6.45, 7) is 0.688. The second-order valence-corrected chi connectivity index (χ2v) is 8.87. The fourth-order valence-corrected chi connectivity index (χ4v) is 4.28. The van der Waals surface area contributed by atoms with Gasteiger partial charge in [0.1, 0.15) is 11.8 Å². The van der Waals surface area contributed by atoms with Crippen molar-refractivity contribution in [2.75, 3.05) is 7.11 Å². The zero-order chi connectivity index (χ0) is 25.9. The Labute approximate surface area is 218 Å². The van der Waals surface area contributed by atoms with Crippen LogP contribution in [0.2, 0.25) is 0 Å². The molecule has 0 fully saturated rings. The summed E-state index contributed by atoms with van der Waals surface area (Å²) < 4.78 is 5.23. The summed E-state index contributed by atoms with van der Waals surface area (Å²) in [4.78, 5) is 29.1. The highest BCUT2D eigenvalue weighted by molar-refractivity contribution is 5.88. The maximum absolute atomic E-state index is 13.7. The first-order valence-electron chi connectivity index (χ1n) is 12.5. The van der Waals surface area contributed by atoms with Gasteiger partial charge in [-0.2, -0.15) is 0 Å². The van der Waals surface area contributed by atoms with Crippen molar-refractivity contribution in [3.63, 3.8) is 0 Å². The van der Waals surface area contributed by atoms with Crippen LogP contribution in [0.25, 0.3) is 0 Å². The smallest absolute Gasteiger partial charge is 0.247 e. The molecule has 5 nitrogen and oxygen atoms in total. The number of carbonyl (C=O) groups is 2. The number of nitrogens with zero attached hydrogens (tertiary/aromatic N) is 1. The Hall–Kier alpha value is -4.38. The summed E-state index contributed by atoms with van der Waals surface area (Å²) in [6, 6.07) is 36.1. The van der Waals surface area contributed by atoms with E-state index in [4.69, 9.17) is 4.74 Å². The van der Waals surface area contributed by atoms with E-state index in [1.165, 1.54) is 0 Å². The molecule has 0 bridgehead atoms. The molecular weight excluding hydrogens is 460 g/mol. The minimum atomic E-state index is -0.761. The largest absolute Gasteiger partial charge is 0.497 e. The zero-order valence-electron chi connectivity index (χ0n) is 21.0. The van der Waals surface area contributed by atoms with Crippen molar-refractivity contribution >= 4 is 11.8 Å². The molecule has 0 heterocycles. The lowest BCUT2D eigenvalue weighted by Gasteiger charge is -2.32. The van der Waals surface area contributed by atoms with E-state index >= 15 is 0 Å². The van der Waals surface area contributed by atoms with E-state index in [2.05, 4.69) is 5.32 Å². The van der Waals surface area contributed by atoms with Crippen molar-refractivity contribution in [1.82, 2.24) is 10.2 Å². The molecule has 37 heavy (non-hydrogen) atoms. The number of hydrogen-bond acceptors (Lipinski definition) is 3. The van der Waals surface area contributed by atoms with Crippen LogP contribution in [0.1, 0.15) is 34.7 Å². The van der Waals surface area contributed by atoms with Crippen LogP contribution in [0.4, 0.5) is 0 Å². The van der Waals surface area contributed by atoms with Crippen molar-refractivity contribution in [2.45, 2.75) is 32.0 Å². The average Bonchev–Trinajstić information content (AvgIpc) is 2.96. The Morgan fingerprint density at radius 3 is 1.89 bits per heavy atom. The lowest BCUT2D eigenvalue weighted by Crippen LogP contribution is -2.43. The van der Waals surface area contributed by atoms with Crippen LogP contribution in [-0.4, -0.2) is 23.8 Å². The molecule has 2 amide bonds. The second kappa shape index (κ2) is 13.1. The maximum Gasteiger partial charge on any atom is 0.247 e. The van der Waals surface area contributed by atoms with Gasteiger partial charge >= 0.3 is 0 Å². The van der Waals surface area contributed by atoms with Crippen LogP contribution in [0, 0.1) is 0 Å². The van der Waals surface area contributed by atoms with Gasteiger partial charge in [-0.3, -0.25) is 9.59 Å². The third-order valence-electron chi connectivity index (χ3n) is 6.29. The molecule has 0 aromatic heterocycles. The molecule has 4 aromatic carbocycles. The van der Waals surface area contributed by atoms with Gasteiger partial charge in [0.05, 0.1) is 7.11 Å². The molecule has 0 radical (unpaired) electrons. The van der Waals surface area contributed by atoms with Gasteiger partial charge in [0.25, 0.3) is 0 Å². The molecular formula is C32H32N2O3. The van der Waals surface area contributed by atoms with E-state index < -0.39 is 6.04 Å². The third kappa shape index (κ3) is 7.31. The minimum absolute atomic E-state index is 0.0684. The lowest BCUT2D eigenvalue weighted by molar-refractivity contribution is -0.141. The predicted molar refractivity (Wildman–Crippen MR) is 146 cm³/mol. The van der Waals surface area contributed by atoms with Gasteiger partial charge in [0.15, 0.2) is 0 Å². The maximum atomic E-state index is 13.7. The van der Waals surface area contributed by atoms with E-state index in [1.54, 1.807) is 12.0 Å². The highest BCUT2D eigenvalue weighted by Gasteiger charge is 2.31. The van der Waals surface area contributed by atoms with Crippen LogP contribution in [-0.2, 0) is 29.1 Å². The van der Waals surface area contributed by atoms with Gasteiger partial charge in [0, 0.05) is 19.5 Å². The van der Waals surface area contributed by atoms with E-state index in [0.717, 1.165) is 28.0 Å². The van der Waals surface area contributed by atoms with Crippen LogP contribution < -0.4 is 10.1 Å². The lowest BCUT2D eigenvalue weighted by atomic mass is 10.0.